The summed E-state index contributed by atoms with van der Waals surface area (Å²) in [4.78, 5) is 33.8. The average molecular weight is 519 g/mol. The first-order chi connectivity index (χ1) is 19.0. The van der Waals surface area contributed by atoms with E-state index in [9.17, 15) is 9.18 Å². The van der Waals surface area contributed by atoms with Crippen molar-refractivity contribution in [2.45, 2.75) is 26.2 Å². The fourth-order valence-corrected chi connectivity index (χ4v) is 4.97. The molecule has 0 atom stereocenters. The van der Waals surface area contributed by atoms with Gasteiger partial charge in [-0.15, -0.1) is 0 Å². The third kappa shape index (κ3) is 4.19. The number of imidazole rings is 1. The fraction of sp³-hybridized carbons (Fsp3) is 0.172. The lowest BCUT2D eigenvalue weighted by Gasteiger charge is -2.24. The van der Waals surface area contributed by atoms with Crippen molar-refractivity contribution in [2.75, 3.05) is 5.32 Å². The number of benzene rings is 1. The Labute approximate surface area is 222 Å². The minimum atomic E-state index is -0.308. The molecule has 0 bridgehead atoms. The van der Waals surface area contributed by atoms with E-state index in [2.05, 4.69) is 35.5 Å². The molecule has 1 fully saturated rings. The van der Waals surface area contributed by atoms with Gasteiger partial charge in [0.15, 0.2) is 5.82 Å². The van der Waals surface area contributed by atoms with Crippen molar-refractivity contribution in [1.29, 1.82) is 0 Å². The molecule has 10 heteroatoms. The van der Waals surface area contributed by atoms with E-state index in [0.29, 0.717) is 39.5 Å². The van der Waals surface area contributed by atoms with E-state index in [-0.39, 0.29) is 17.6 Å². The van der Waals surface area contributed by atoms with Gasteiger partial charge in [0.1, 0.15) is 11.5 Å². The number of rotatable bonds is 5. The Morgan fingerprint density at radius 1 is 0.974 bits per heavy atom. The first-order valence-corrected chi connectivity index (χ1v) is 12.7. The van der Waals surface area contributed by atoms with E-state index >= 15 is 0 Å². The van der Waals surface area contributed by atoms with E-state index in [1.54, 1.807) is 31.0 Å². The molecule has 1 amide bonds. The molecule has 0 unspecified atom stereocenters. The highest BCUT2D eigenvalue weighted by Gasteiger charge is 2.25. The van der Waals surface area contributed by atoms with Crippen LogP contribution in [0.5, 0.6) is 0 Å². The van der Waals surface area contributed by atoms with Gasteiger partial charge in [-0.3, -0.25) is 24.8 Å². The van der Waals surface area contributed by atoms with Gasteiger partial charge in [-0.2, -0.15) is 5.10 Å². The van der Waals surface area contributed by atoms with Crippen LogP contribution in [0.25, 0.3) is 55.8 Å². The Bertz CT molecular complexity index is 1870. The lowest BCUT2D eigenvalue weighted by atomic mass is 9.85. The van der Waals surface area contributed by atoms with E-state index in [1.807, 2.05) is 25.1 Å². The number of H-pyrrole nitrogens is 2. The van der Waals surface area contributed by atoms with Gasteiger partial charge in [-0.1, -0.05) is 12.5 Å². The van der Waals surface area contributed by atoms with Crippen molar-refractivity contribution in [3.05, 3.63) is 72.7 Å². The van der Waals surface area contributed by atoms with Gasteiger partial charge in [0, 0.05) is 34.8 Å². The number of nitrogens with one attached hydrogen (secondary N) is 3. The molecular weight excluding hydrogens is 495 g/mol. The monoisotopic (exact) mass is 518 g/mol. The topological polar surface area (TPSA) is 125 Å². The molecule has 5 heterocycles. The second kappa shape index (κ2) is 9.09. The summed E-state index contributed by atoms with van der Waals surface area (Å²) >= 11 is 0. The third-order valence-electron chi connectivity index (χ3n) is 7.20. The highest BCUT2D eigenvalue weighted by atomic mass is 19.1. The Kier molecular flexibility index (Phi) is 5.39. The summed E-state index contributed by atoms with van der Waals surface area (Å²) in [5.41, 5.74) is 7.11. The maximum atomic E-state index is 14.1. The molecule has 39 heavy (non-hydrogen) atoms. The summed E-state index contributed by atoms with van der Waals surface area (Å²) in [6.07, 6.45) is 11.4. The molecule has 3 N–H and O–H groups in total. The lowest BCUT2D eigenvalue weighted by Crippen LogP contribution is -2.28. The molecule has 0 aliphatic heterocycles. The minimum Gasteiger partial charge on any atom is -0.335 e. The van der Waals surface area contributed by atoms with Crippen LogP contribution in [-0.2, 0) is 4.79 Å². The van der Waals surface area contributed by atoms with Crippen LogP contribution in [0.3, 0.4) is 0 Å². The normalized spacial score (nSPS) is 13.6. The summed E-state index contributed by atoms with van der Waals surface area (Å²) in [6, 6.07) is 8.67. The Balaban J connectivity index is 1.27. The summed E-state index contributed by atoms with van der Waals surface area (Å²) in [5.74, 6) is 0.363. The predicted octanol–water partition coefficient (Wildman–Crippen LogP) is 5.81. The van der Waals surface area contributed by atoms with Crippen molar-refractivity contribution in [3.8, 4) is 33.9 Å². The van der Waals surface area contributed by atoms with Crippen molar-refractivity contribution in [1.82, 2.24) is 35.1 Å². The molecule has 1 aliphatic rings. The number of hydrogen-bond donors (Lipinski definition) is 3. The average Bonchev–Trinajstić information content (AvgIpc) is 3.50. The molecule has 5 aromatic heterocycles. The molecule has 0 radical (unpaired) electrons. The van der Waals surface area contributed by atoms with Gasteiger partial charge in [-0.05, 0) is 55.2 Å². The smallest absolute Gasteiger partial charge is 0.227 e. The fourth-order valence-electron chi connectivity index (χ4n) is 4.97. The zero-order chi connectivity index (χ0) is 26.5. The van der Waals surface area contributed by atoms with Gasteiger partial charge in [0.05, 0.1) is 46.5 Å². The number of carbonyl (C=O) groups excluding carboxylic acids is 1. The quantitative estimate of drug-likeness (QED) is 0.264. The zero-order valence-corrected chi connectivity index (χ0v) is 21.0. The number of aryl methyl sites for hydroxylation is 1. The van der Waals surface area contributed by atoms with Crippen molar-refractivity contribution in [3.63, 3.8) is 0 Å². The summed E-state index contributed by atoms with van der Waals surface area (Å²) in [6.45, 7) is 1.85. The Morgan fingerprint density at radius 2 is 1.85 bits per heavy atom. The van der Waals surface area contributed by atoms with Gasteiger partial charge in [-0.25, -0.2) is 9.37 Å². The highest BCUT2D eigenvalue weighted by Crippen LogP contribution is 2.33. The molecule has 1 aliphatic carbocycles. The largest absolute Gasteiger partial charge is 0.335 e. The molecule has 0 saturated heterocycles. The second-order valence-corrected chi connectivity index (χ2v) is 9.95. The second-order valence-electron chi connectivity index (χ2n) is 9.95. The number of hydrogen-bond acceptors (Lipinski definition) is 6. The van der Waals surface area contributed by atoms with Crippen molar-refractivity contribution >= 4 is 33.5 Å². The minimum absolute atomic E-state index is 0.0351. The van der Waals surface area contributed by atoms with Crippen LogP contribution in [0.15, 0.2) is 61.3 Å². The number of nitrogens with zero attached hydrogens (tertiary/aromatic N) is 5. The Hall–Kier alpha value is -4.99. The van der Waals surface area contributed by atoms with Gasteiger partial charge >= 0.3 is 0 Å². The maximum Gasteiger partial charge on any atom is 0.227 e. The van der Waals surface area contributed by atoms with Crippen LogP contribution in [-0.4, -0.2) is 41.0 Å². The van der Waals surface area contributed by atoms with Crippen molar-refractivity contribution < 1.29 is 9.18 Å². The van der Waals surface area contributed by atoms with E-state index in [4.69, 9.17) is 4.98 Å². The molecule has 6 aromatic rings. The standard InChI is InChI=1S/C29H23FN8O/c1-15-5-17(7-19(30)6-15)22-12-32-13-25-26(22)36-28(35-25)27-21-9-23(33-14-24(21)37-38-27)18-8-20(11-31-10-18)34-29(39)16-3-2-4-16/h5-14,16H,2-4H2,1H3,(H,34,39)(H,35,36)(H,37,38). The molecule has 0 spiro atoms. The molecule has 7 rings (SSSR count). The van der Waals surface area contributed by atoms with Crippen LogP contribution in [0.1, 0.15) is 24.8 Å². The summed E-state index contributed by atoms with van der Waals surface area (Å²) < 4.78 is 14.1. The third-order valence-corrected chi connectivity index (χ3v) is 7.20. The zero-order valence-electron chi connectivity index (χ0n) is 21.0. The molecule has 1 aromatic carbocycles. The van der Waals surface area contributed by atoms with Gasteiger partial charge in [0.25, 0.3) is 0 Å². The number of amides is 1. The van der Waals surface area contributed by atoms with Crippen LogP contribution in [0.4, 0.5) is 10.1 Å². The first-order valence-electron chi connectivity index (χ1n) is 12.7. The number of carbonyl (C=O) groups is 1. The Morgan fingerprint density at radius 3 is 2.67 bits per heavy atom. The predicted molar refractivity (Wildman–Crippen MR) is 146 cm³/mol. The van der Waals surface area contributed by atoms with Crippen LogP contribution in [0.2, 0.25) is 0 Å². The number of fused-ring (bicyclic) bond motifs is 2. The molecular formula is C29H23FN8O. The number of pyridine rings is 3. The van der Waals surface area contributed by atoms with Crippen molar-refractivity contribution in [2.24, 2.45) is 5.92 Å². The molecule has 192 valence electrons. The molecule has 1 saturated carbocycles. The van der Waals surface area contributed by atoms with E-state index < -0.39 is 0 Å². The number of anilines is 1. The summed E-state index contributed by atoms with van der Waals surface area (Å²) in [5, 5.41) is 11.3. The number of aromatic nitrogens is 7. The van der Waals surface area contributed by atoms with E-state index in [0.717, 1.165) is 46.9 Å². The van der Waals surface area contributed by atoms with Crippen LogP contribution >= 0.6 is 0 Å². The SMILES string of the molecule is Cc1cc(F)cc(-c2cncc3[nH]c(-c4n[nH]c5cnc(-c6cncc(NC(=O)C7CCC7)c6)cc45)nc23)c1. The van der Waals surface area contributed by atoms with E-state index in [1.165, 1.54) is 12.1 Å². The van der Waals surface area contributed by atoms with Gasteiger partial charge < -0.3 is 10.3 Å². The lowest BCUT2D eigenvalue weighted by molar-refractivity contribution is -0.122. The van der Waals surface area contributed by atoms with Crippen LogP contribution < -0.4 is 5.32 Å². The van der Waals surface area contributed by atoms with Crippen LogP contribution in [0, 0.1) is 18.7 Å². The summed E-state index contributed by atoms with van der Waals surface area (Å²) in [7, 11) is 0. The number of halogens is 1. The highest BCUT2D eigenvalue weighted by molar-refractivity contribution is 5.98. The van der Waals surface area contributed by atoms with Gasteiger partial charge in [0.2, 0.25) is 5.91 Å². The first kappa shape index (κ1) is 23.2. The molecule has 9 nitrogen and oxygen atoms in total. The number of aromatic amines is 2. The maximum absolute atomic E-state index is 14.1.